The number of halogens is 1. The van der Waals surface area contributed by atoms with Gasteiger partial charge in [-0.05, 0) is 36.8 Å². The smallest absolute Gasteiger partial charge is 0.256 e. The van der Waals surface area contributed by atoms with Gasteiger partial charge in [0.25, 0.3) is 5.91 Å². The normalized spacial score (nSPS) is 10.1. The molecule has 1 aromatic heterocycles. The van der Waals surface area contributed by atoms with E-state index in [-0.39, 0.29) is 5.91 Å². The van der Waals surface area contributed by atoms with Gasteiger partial charge in [0.1, 0.15) is 0 Å². The number of aryl methyl sites for hydroxylation is 1. The van der Waals surface area contributed by atoms with E-state index in [9.17, 15) is 4.79 Å². The van der Waals surface area contributed by atoms with Gasteiger partial charge in [-0.2, -0.15) is 0 Å². The fourth-order valence-corrected chi connectivity index (χ4v) is 1.62. The van der Waals surface area contributed by atoms with Gasteiger partial charge in [-0.25, -0.2) is 4.98 Å². The SMILES string of the molecule is Cc1ccc(C(=O)Nc2ncccc2N)cc1Cl. The monoisotopic (exact) mass is 261 g/mol. The highest BCUT2D eigenvalue weighted by Crippen LogP contribution is 2.19. The molecular formula is C13H12ClN3O. The van der Waals surface area contributed by atoms with Gasteiger partial charge >= 0.3 is 0 Å². The number of anilines is 2. The third-order valence-electron chi connectivity index (χ3n) is 2.50. The minimum atomic E-state index is -0.290. The van der Waals surface area contributed by atoms with E-state index in [4.69, 9.17) is 17.3 Å². The number of nitrogens with one attached hydrogen (secondary N) is 1. The standard InChI is InChI=1S/C13H12ClN3O/c1-8-4-5-9(7-10(8)14)13(18)17-12-11(15)3-2-6-16-12/h2-7H,15H2,1H3,(H,16,17,18). The Bertz CT molecular complexity index is 599. The number of aromatic nitrogens is 1. The maximum absolute atomic E-state index is 12.0. The van der Waals surface area contributed by atoms with Crippen molar-refractivity contribution in [2.24, 2.45) is 0 Å². The molecule has 0 fully saturated rings. The lowest BCUT2D eigenvalue weighted by molar-refractivity contribution is 0.102. The van der Waals surface area contributed by atoms with Crippen molar-refractivity contribution in [2.75, 3.05) is 11.1 Å². The van der Waals surface area contributed by atoms with Crippen molar-refractivity contribution in [3.8, 4) is 0 Å². The minimum Gasteiger partial charge on any atom is -0.396 e. The van der Waals surface area contributed by atoms with Crippen LogP contribution in [0.1, 0.15) is 15.9 Å². The first-order valence-corrected chi connectivity index (χ1v) is 5.73. The van der Waals surface area contributed by atoms with Gasteiger partial charge in [0.15, 0.2) is 5.82 Å². The van der Waals surface area contributed by atoms with Crippen LogP contribution in [0.2, 0.25) is 5.02 Å². The summed E-state index contributed by atoms with van der Waals surface area (Å²) < 4.78 is 0. The number of hydrogen-bond acceptors (Lipinski definition) is 3. The van der Waals surface area contributed by atoms with Crippen LogP contribution in [0.25, 0.3) is 0 Å². The fraction of sp³-hybridized carbons (Fsp3) is 0.0769. The molecule has 1 heterocycles. The lowest BCUT2D eigenvalue weighted by Crippen LogP contribution is -2.14. The molecule has 4 nitrogen and oxygen atoms in total. The average molecular weight is 262 g/mol. The highest BCUT2D eigenvalue weighted by Gasteiger charge is 2.09. The van der Waals surface area contributed by atoms with Crippen molar-refractivity contribution in [3.05, 3.63) is 52.7 Å². The third-order valence-corrected chi connectivity index (χ3v) is 2.91. The first-order valence-electron chi connectivity index (χ1n) is 5.36. The minimum absolute atomic E-state index is 0.290. The Balaban J connectivity index is 2.22. The summed E-state index contributed by atoms with van der Waals surface area (Å²) in [5.74, 6) is 0.0569. The molecule has 18 heavy (non-hydrogen) atoms. The van der Waals surface area contributed by atoms with Crippen molar-refractivity contribution < 1.29 is 4.79 Å². The number of nitrogens with two attached hydrogens (primary N) is 1. The summed E-state index contributed by atoms with van der Waals surface area (Å²) in [4.78, 5) is 16.0. The molecule has 2 rings (SSSR count). The van der Waals surface area contributed by atoms with E-state index < -0.39 is 0 Å². The largest absolute Gasteiger partial charge is 0.396 e. The zero-order chi connectivity index (χ0) is 13.1. The van der Waals surface area contributed by atoms with Crippen molar-refractivity contribution in [3.63, 3.8) is 0 Å². The lowest BCUT2D eigenvalue weighted by atomic mass is 10.1. The summed E-state index contributed by atoms with van der Waals surface area (Å²) in [6.07, 6.45) is 1.56. The molecule has 0 bridgehead atoms. The van der Waals surface area contributed by atoms with E-state index in [2.05, 4.69) is 10.3 Å². The Labute approximate surface area is 110 Å². The van der Waals surface area contributed by atoms with Crippen LogP contribution in [0.3, 0.4) is 0 Å². The van der Waals surface area contributed by atoms with E-state index >= 15 is 0 Å². The predicted octanol–water partition coefficient (Wildman–Crippen LogP) is 2.88. The summed E-state index contributed by atoms with van der Waals surface area (Å²) in [5.41, 5.74) is 7.51. The molecule has 0 spiro atoms. The molecule has 1 aromatic carbocycles. The Hall–Kier alpha value is -2.07. The first kappa shape index (κ1) is 12.4. The highest BCUT2D eigenvalue weighted by molar-refractivity contribution is 6.31. The van der Waals surface area contributed by atoms with Crippen LogP contribution in [0.5, 0.6) is 0 Å². The maximum atomic E-state index is 12.0. The second-order valence-corrected chi connectivity index (χ2v) is 4.27. The number of pyridine rings is 1. The van der Waals surface area contributed by atoms with Crippen molar-refractivity contribution in [1.82, 2.24) is 4.98 Å². The third kappa shape index (κ3) is 2.60. The molecule has 0 atom stereocenters. The Morgan fingerprint density at radius 1 is 1.39 bits per heavy atom. The van der Waals surface area contributed by atoms with E-state index in [1.54, 1.807) is 36.5 Å². The van der Waals surface area contributed by atoms with E-state index in [1.165, 1.54) is 0 Å². The molecule has 3 N–H and O–H groups in total. The fourth-order valence-electron chi connectivity index (χ4n) is 1.44. The van der Waals surface area contributed by atoms with Gasteiger partial charge in [0, 0.05) is 16.8 Å². The van der Waals surface area contributed by atoms with Crippen molar-refractivity contribution >= 4 is 29.0 Å². The van der Waals surface area contributed by atoms with Crippen LogP contribution in [0, 0.1) is 6.92 Å². The zero-order valence-corrected chi connectivity index (χ0v) is 10.5. The lowest BCUT2D eigenvalue weighted by Gasteiger charge is -2.07. The number of nitrogens with zero attached hydrogens (tertiary/aromatic N) is 1. The summed E-state index contributed by atoms with van der Waals surface area (Å²) >= 11 is 5.97. The van der Waals surface area contributed by atoms with Gasteiger partial charge in [0.2, 0.25) is 0 Å². The maximum Gasteiger partial charge on any atom is 0.256 e. The number of hydrogen-bond donors (Lipinski definition) is 2. The molecule has 0 unspecified atom stereocenters. The predicted molar refractivity (Wildman–Crippen MR) is 72.8 cm³/mol. The number of benzene rings is 1. The molecule has 0 aliphatic carbocycles. The van der Waals surface area contributed by atoms with Gasteiger partial charge < -0.3 is 11.1 Å². The zero-order valence-electron chi connectivity index (χ0n) is 9.77. The van der Waals surface area contributed by atoms with Crippen LogP contribution in [-0.4, -0.2) is 10.9 Å². The molecule has 5 heteroatoms. The van der Waals surface area contributed by atoms with E-state index in [0.29, 0.717) is 22.1 Å². The second-order valence-electron chi connectivity index (χ2n) is 3.86. The molecule has 1 amide bonds. The molecule has 0 aliphatic heterocycles. The van der Waals surface area contributed by atoms with Gasteiger partial charge in [-0.3, -0.25) is 4.79 Å². The van der Waals surface area contributed by atoms with Gasteiger partial charge in [-0.15, -0.1) is 0 Å². The van der Waals surface area contributed by atoms with Gasteiger partial charge in [0.05, 0.1) is 5.69 Å². The first-order chi connectivity index (χ1) is 8.58. The summed E-state index contributed by atoms with van der Waals surface area (Å²) in [6.45, 7) is 1.88. The number of carbonyl (C=O) groups excluding carboxylic acids is 1. The molecule has 2 aromatic rings. The summed E-state index contributed by atoms with van der Waals surface area (Å²) in [7, 11) is 0. The van der Waals surface area contributed by atoms with Crippen LogP contribution < -0.4 is 11.1 Å². The second kappa shape index (κ2) is 5.06. The Morgan fingerprint density at radius 3 is 2.83 bits per heavy atom. The van der Waals surface area contributed by atoms with Gasteiger partial charge in [-0.1, -0.05) is 17.7 Å². The van der Waals surface area contributed by atoms with Crippen LogP contribution in [0.4, 0.5) is 11.5 Å². The topological polar surface area (TPSA) is 68.0 Å². The van der Waals surface area contributed by atoms with E-state index in [1.807, 2.05) is 6.92 Å². The van der Waals surface area contributed by atoms with Crippen molar-refractivity contribution in [1.29, 1.82) is 0 Å². The Morgan fingerprint density at radius 2 is 2.17 bits per heavy atom. The number of nitrogen functional groups attached to an aromatic ring is 1. The molecule has 92 valence electrons. The summed E-state index contributed by atoms with van der Waals surface area (Å²) in [5, 5.41) is 3.19. The number of rotatable bonds is 2. The van der Waals surface area contributed by atoms with Crippen LogP contribution in [-0.2, 0) is 0 Å². The summed E-state index contributed by atoms with van der Waals surface area (Å²) in [6, 6.07) is 8.48. The number of carbonyl (C=O) groups is 1. The van der Waals surface area contributed by atoms with Crippen molar-refractivity contribution in [2.45, 2.75) is 6.92 Å². The van der Waals surface area contributed by atoms with E-state index in [0.717, 1.165) is 5.56 Å². The molecular weight excluding hydrogens is 250 g/mol. The van der Waals surface area contributed by atoms with Crippen LogP contribution >= 0.6 is 11.6 Å². The molecule has 0 aliphatic rings. The molecule has 0 radical (unpaired) electrons. The average Bonchev–Trinajstić information content (AvgIpc) is 2.35. The van der Waals surface area contributed by atoms with Crippen LogP contribution in [0.15, 0.2) is 36.5 Å². The number of amides is 1. The Kier molecular flexibility index (Phi) is 3.48. The molecule has 0 saturated carbocycles. The highest BCUT2D eigenvalue weighted by atomic mass is 35.5. The quantitative estimate of drug-likeness (QED) is 0.873. The molecule has 0 saturated heterocycles.